The Hall–Kier alpha value is -0.930. The van der Waals surface area contributed by atoms with Crippen molar-refractivity contribution in [3.8, 4) is 0 Å². The van der Waals surface area contributed by atoms with Gasteiger partial charge in [-0.15, -0.1) is 0 Å². The predicted molar refractivity (Wildman–Crippen MR) is 68.0 cm³/mol. The molecule has 0 bridgehead atoms. The Bertz CT molecular complexity index is 378. The lowest BCUT2D eigenvalue weighted by Gasteiger charge is -2.31. The smallest absolute Gasteiger partial charge is 0.132 e. The minimum atomic E-state index is -0.117. The van der Waals surface area contributed by atoms with Crippen LogP contribution in [0, 0.1) is 11.7 Å². The highest BCUT2D eigenvalue weighted by Crippen LogP contribution is 2.20. The van der Waals surface area contributed by atoms with Crippen LogP contribution in [0.2, 0.25) is 0 Å². The average Bonchev–Trinajstić information content (AvgIpc) is 2.32. The van der Waals surface area contributed by atoms with Gasteiger partial charge in [-0.3, -0.25) is 4.90 Å². The molecule has 1 atom stereocenters. The Balaban J connectivity index is 2.07. The molecular formula is C14H21FN2. The maximum Gasteiger partial charge on any atom is 0.132 e. The van der Waals surface area contributed by atoms with Crippen LogP contribution >= 0.6 is 0 Å². The first-order valence-electron chi connectivity index (χ1n) is 6.39. The normalized spacial score (nSPS) is 21.7. The van der Waals surface area contributed by atoms with E-state index in [1.165, 1.54) is 12.8 Å². The van der Waals surface area contributed by atoms with E-state index in [-0.39, 0.29) is 12.4 Å². The summed E-state index contributed by atoms with van der Waals surface area (Å²) in [7, 11) is 0. The Kier molecular flexibility index (Phi) is 4.13. The van der Waals surface area contributed by atoms with E-state index in [1.54, 1.807) is 6.07 Å². The minimum absolute atomic E-state index is 0.117. The quantitative estimate of drug-likeness (QED) is 0.873. The van der Waals surface area contributed by atoms with Crippen LogP contribution in [0.5, 0.6) is 0 Å². The van der Waals surface area contributed by atoms with E-state index in [9.17, 15) is 4.39 Å². The van der Waals surface area contributed by atoms with Gasteiger partial charge in [-0.2, -0.15) is 0 Å². The molecule has 1 aromatic carbocycles. The second-order valence-electron chi connectivity index (χ2n) is 5.08. The SMILES string of the molecule is CC1CCCN(Cc2cccc(CN)c2F)C1. The van der Waals surface area contributed by atoms with Crippen molar-refractivity contribution in [2.45, 2.75) is 32.9 Å². The van der Waals surface area contributed by atoms with Gasteiger partial charge in [-0.05, 0) is 25.3 Å². The number of nitrogens with two attached hydrogens (primary N) is 1. The highest BCUT2D eigenvalue weighted by atomic mass is 19.1. The first-order chi connectivity index (χ1) is 8.20. The van der Waals surface area contributed by atoms with Gasteiger partial charge in [-0.1, -0.05) is 25.1 Å². The molecule has 17 heavy (non-hydrogen) atoms. The van der Waals surface area contributed by atoms with Crippen LogP contribution in [-0.4, -0.2) is 18.0 Å². The van der Waals surface area contributed by atoms with Crippen LogP contribution in [0.1, 0.15) is 30.9 Å². The summed E-state index contributed by atoms with van der Waals surface area (Å²) < 4.78 is 14.0. The Morgan fingerprint density at radius 1 is 1.41 bits per heavy atom. The molecule has 0 amide bonds. The zero-order chi connectivity index (χ0) is 12.3. The first-order valence-corrected chi connectivity index (χ1v) is 6.39. The van der Waals surface area contributed by atoms with Crippen molar-refractivity contribution in [1.29, 1.82) is 0 Å². The highest BCUT2D eigenvalue weighted by molar-refractivity contribution is 5.25. The number of likely N-dealkylation sites (tertiary alicyclic amines) is 1. The van der Waals surface area contributed by atoms with Crippen molar-refractivity contribution in [2.75, 3.05) is 13.1 Å². The first kappa shape index (κ1) is 12.5. The molecule has 1 heterocycles. The molecule has 1 fully saturated rings. The lowest BCUT2D eigenvalue weighted by atomic mass is 9.99. The molecule has 3 heteroatoms. The van der Waals surface area contributed by atoms with Gasteiger partial charge in [0.15, 0.2) is 0 Å². The molecule has 1 aliphatic rings. The van der Waals surface area contributed by atoms with Crippen LogP contribution in [0.15, 0.2) is 18.2 Å². The summed E-state index contributed by atoms with van der Waals surface area (Å²) in [6.45, 7) is 5.40. The van der Waals surface area contributed by atoms with Gasteiger partial charge < -0.3 is 5.73 Å². The van der Waals surface area contributed by atoms with Gasteiger partial charge in [0.25, 0.3) is 0 Å². The van der Waals surface area contributed by atoms with Crippen LogP contribution in [0.25, 0.3) is 0 Å². The summed E-state index contributed by atoms with van der Waals surface area (Å²) in [6.07, 6.45) is 2.52. The third-order valence-electron chi connectivity index (χ3n) is 3.51. The van der Waals surface area contributed by atoms with E-state index in [4.69, 9.17) is 5.73 Å². The fourth-order valence-electron chi connectivity index (χ4n) is 2.58. The second kappa shape index (κ2) is 5.61. The van der Waals surface area contributed by atoms with Gasteiger partial charge in [0, 0.05) is 30.8 Å². The van der Waals surface area contributed by atoms with E-state index in [2.05, 4.69) is 11.8 Å². The summed E-state index contributed by atoms with van der Waals surface area (Å²) in [6, 6.07) is 5.53. The molecule has 2 rings (SSSR count). The van der Waals surface area contributed by atoms with Gasteiger partial charge in [0.2, 0.25) is 0 Å². The van der Waals surface area contributed by atoms with Crippen LogP contribution in [-0.2, 0) is 13.1 Å². The lowest BCUT2D eigenvalue weighted by Crippen LogP contribution is -2.34. The molecule has 1 saturated heterocycles. The number of piperidine rings is 1. The van der Waals surface area contributed by atoms with E-state index in [0.29, 0.717) is 12.1 Å². The Labute approximate surface area is 103 Å². The molecule has 0 aliphatic carbocycles. The summed E-state index contributed by atoms with van der Waals surface area (Å²) in [4.78, 5) is 2.34. The highest BCUT2D eigenvalue weighted by Gasteiger charge is 2.18. The lowest BCUT2D eigenvalue weighted by molar-refractivity contribution is 0.174. The minimum Gasteiger partial charge on any atom is -0.326 e. The summed E-state index contributed by atoms with van der Waals surface area (Å²) in [5.41, 5.74) is 6.92. The Morgan fingerprint density at radius 2 is 2.18 bits per heavy atom. The standard InChI is InChI=1S/C14H21FN2/c1-11-4-3-7-17(9-11)10-13-6-2-5-12(8-16)14(13)15/h2,5-6,11H,3-4,7-10,16H2,1H3. The summed E-state index contributed by atoms with van der Waals surface area (Å²) in [5.74, 6) is 0.609. The number of benzene rings is 1. The predicted octanol–water partition coefficient (Wildman–Crippen LogP) is 2.52. The average molecular weight is 236 g/mol. The molecule has 1 aromatic rings. The number of halogens is 1. The van der Waals surface area contributed by atoms with Crippen molar-refractivity contribution in [1.82, 2.24) is 4.90 Å². The van der Waals surface area contributed by atoms with Crippen LogP contribution in [0.4, 0.5) is 4.39 Å². The number of nitrogens with zero attached hydrogens (tertiary/aromatic N) is 1. The molecule has 2 nitrogen and oxygen atoms in total. The van der Waals surface area contributed by atoms with E-state index >= 15 is 0 Å². The van der Waals surface area contributed by atoms with Gasteiger partial charge >= 0.3 is 0 Å². The molecule has 2 N–H and O–H groups in total. The molecule has 0 aromatic heterocycles. The number of hydrogen-bond donors (Lipinski definition) is 1. The second-order valence-corrected chi connectivity index (χ2v) is 5.08. The van der Waals surface area contributed by atoms with Gasteiger partial charge in [-0.25, -0.2) is 4.39 Å². The topological polar surface area (TPSA) is 29.3 Å². The van der Waals surface area contributed by atoms with Crippen molar-refractivity contribution in [3.63, 3.8) is 0 Å². The Morgan fingerprint density at radius 3 is 2.88 bits per heavy atom. The summed E-state index contributed by atoms with van der Waals surface area (Å²) >= 11 is 0. The van der Waals surface area contributed by atoms with Crippen LogP contribution < -0.4 is 5.73 Å². The van der Waals surface area contributed by atoms with E-state index < -0.39 is 0 Å². The molecule has 94 valence electrons. The molecule has 1 aliphatic heterocycles. The maximum absolute atomic E-state index is 14.0. The van der Waals surface area contributed by atoms with Gasteiger partial charge in [0.1, 0.15) is 5.82 Å². The maximum atomic E-state index is 14.0. The molecule has 0 radical (unpaired) electrons. The number of rotatable bonds is 3. The van der Waals surface area contributed by atoms with Crippen molar-refractivity contribution in [2.24, 2.45) is 11.7 Å². The van der Waals surface area contributed by atoms with Gasteiger partial charge in [0.05, 0.1) is 0 Å². The largest absolute Gasteiger partial charge is 0.326 e. The van der Waals surface area contributed by atoms with Crippen molar-refractivity contribution >= 4 is 0 Å². The molecular weight excluding hydrogens is 215 g/mol. The molecule has 0 spiro atoms. The third-order valence-corrected chi connectivity index (χ3v) is 3.51. The summed E-state index contributed by atoms with van der Waals surface area (Å²) in [5, 5.41) is 0. The molecule has 0 saturated carbocycles. The monoisotopic (exact) mass is 236 g/mol. The zero-order valence-corrected chi connectivity index (χ0v) is 10.5. The van der Waals surface area contributed by atoms with Crippen molar-refractivity contribution < 1.29 is 4.39 Å². The fraction of sp³-hybridized carbons (Fsp3) is 0.571. The number of hydrogen-bond acceptors (Lipinski definition) is 2. The van der Waals surface area contributed by atoms with E-state index in [0.717, 1.165) is 24.6 Å². The third kappa shape index (κ3) is 3.05. The molecule has 1 unspecified atom stereocenters. The zero-order valence-electron chi connectivity index (χ0n) is 10.5. The van der Waals surface area contributed by atoms with Crippen molar-refractivity contribution in [3.05, 3.63) is 35.1 Å². The van der Waals surface area contributed by atoms with E-state index in [1.807, 2.05) is 12.1 Å². The van der Waals surface area contributed by atoms with Crippen LogP contribution in [0.3, 0.4) is 0 Å². The fourth-order valence-corrected chi connectivity index (χ4v) is 2.58.